The van der Waals surface area contributed by atoms with Gasteiger partial charge in [0.2, 0.25) is 0 Å². The Bertz CT molecular complexity index is 314. The van der Waals surface area contributed by atoms with Gasteiger partial charge in [0.25, 0.3) is 0 Å². The summed E-state index contributed by atoms with van der Waals surface area (Å²) in [5.41, 5.74) is 0. The molecule has 1 rings (SSSR count). The molecule has 0 amide bonds. The molecule has 1 aromatic rings. The smallest absolute Gasteiger partial charge is 0.140 e. The molecule has 1 aromatic carbocycles. The van der Waals surface area contributed by atoms with E-state index in [-0.39, 0.29) is 0 Å². The minimum Gasteiger partial charge on any atom is -0.495 e. The lowest BCUT2D eigenvalue weighted by Crippen LogP contribution is -1.85. The summed E-state index contributed by atoms with van der Waals surface area (Å²) in [4.78, 5) is 0. The van der Waals surface area contributed by atoms with Crippen molar-refractivity contribution in [2.45, 2.75) is 0 Å². The molecule has 0 aliphatic carbocycles. The maximum Gasteiger partial charge on any atom is 0.140 e. The third kappa shape index (κ3) is 1.82. The molecule has 0 fully saturated rings. The van der Waals surface area contributed by atoms with Gasteiger partial charge in [0.05, 0.1) is 21.6 Å². The topological polar surface area (TPSA) is 9.23 Å². The summed E-state index contributed by atoms with van der Waals surface area (Å²) in [5, 5.41) is 1.19. The molecule has 0 aliphatic rings. The van der Waals surface area contributed by atoms with Crippen LogP contribution in [0.4, 0.5) is 0 Å². The average molecular weight is 290 g/mol. The number of hydrogen-bond acceptors (Lipinski definition) is 1. The van der Waals surface area contributed by atoms with E-state index in [2.05, 4.69) is 15.9 Å². The largest absolute Gasteiger partial charge is 0.495 e. The third-order valence-corrected chi connectivity index (χ3v) is 3.72. The number of methoxy groups -OCH3 is 1. The number of halogens is 4. The summed E-state index contributed by atoms with van der Waals surface area (Å²) in [6.45, 7) is 0. The van der Waals surface area contributed by atoms with Crippen LogP contribution in [0, 0.1) is 0 Å². The SMILES string of the molecule is COc1cc(Cl)c(Br)c(Cl)c1Cl. The Morgan fingerprint density at radius 2 is 1.83 bits per heavy atom. The molecule has 1 nitrogen and oxygen atoms in total. The second kappa shape index (κ2) is 4.05. The molecule has 0 heterocycles. The molecular formula is C7H4BrCl3O. The Hall–Kier alpha value is 0.370. The maximum absolute atomic E-state index is 5.83. The van der Waals surface area contributed by atoms with Crippen molar-refractivity contribution >= 4 is 50.7 Å². The van der Waals surface area contributed by atoms with Crippen molar-refractivity contribution in [2.75, 3.05) is 7.11 Å². The molecule has 0 saturated heterocycles. The Morgan fingerprint density at radius 3 is 2.33 bits per heavy atom. The molecule has 0 aromatic heterocycles. The zero-order valence-corrected chi connectivity index (χ0v) is 9.85. The summed E-state index contributed by atoms with van der Waals surface area (Å²) in [7, 11) is 1.50. The number of hydrogen-bond donors (Lipinski definition) is 0. The summed E-state index contributed by atoms with van der Waals surface area (Å²) < 4.78 is 5.52. The van der Waals surface area contributed by atoms with E-state index in [0.717, 1.165) is 0 Å². The van der Waals surface area contributed by atoms with Crippen molar-refractivity contribution in [3.05, 3.63) is 25.6 Å². The van der Waals surface area contributed by atoms with Crippen molar-refractivity contribution < 1.29 is 4.74 Å². The van der Waals surface area contributed by atoms with Crippen molar-refractivity contribution in [3.63, 3.8) is 0 Å². The van der Waals surface area contributed by atoms with Gasteiger partial charge in [0.15, 0.2) is 0 Å². The van der Waals surface area contributed by atoms with Gasteiger partial charge in [-0.15, -0.1) is 0 Å². The highest BCUT2D eigenvalue weighted by molar-refractivity contribution is 9.10. The van der Waals surface area contributed by atoms with Gasteiger partial charge in [-0.25, -0.2) is 0 Å². The molecule has 0 bridgehead atoms. The maximum atomic E-state index is 5.83. The third-order valence-electron chi connectivity index (χ3n) is 1.29. The van der Waals surface area contributed by atoms with Gasteiger partial charge in [-0.3, -0.25) is 0 Å². The standard InChI is InChI=1S/C7H4BrCl3O/c1-12-4-2-3(9)5(8)7(11)6(4)10/h2H,1H3. The number of rotatable bonds is 1. The Kier molecular flexibility index (Phi) is 3.53. The monoisotopic (exact) mass is 288 g/mol. The van der Waals surface area contributed by atoms with Crippen molar-refractivity contribution in [2.24, 2.45) is 0 Å². The van der Waals surface area contributed by atoms with Gasteiger partial charge in [0, 0.05) is 6.07 Å². The highest BCUT2D eigenvalue weighted by Crippen LogP contribution is 2.41. The Morgan fingerprint density at radius 1 is 1.25 bits per heavy atom. The molecule has 5 heteroatoms. The fourth-order valence-corrected chi connectivity index (χ4v) is 1.79. The second-order valence-electron chi connectivity index (χ2n) is 2.00. The van der Waals surface area contributed by atoms with Crippen LogP contribution in [0.1, 0.15) is 0 Å². The molecule has 66 valence electrons. The van der Waals surface area contributed by atoms with Gasteiger partial charge < -0.3 is 4.74 Å². The van der Waals surface area contributed by atoms with Crippen LogP contribution >= 0.6 is 50.7 Å². The van der Waals surface area contributed by atoms with Gasteiger partial charge in [-0.2, -0.15) is 0 Å². The van der Waals surface area contributed by atoms with Crippen LogP contribution in [0.15, 0.2) is 10.5 Å². The first-order valence-corrected chi connectivity index (χ1v) is 4.87. The number of ether oxygens (including phenoxy) is 1. The highest BCUT2D eigenvalue weighted by atomic mass is 79.9. The average Bonchev–Trinajstić information content (AvgIpc) is 2.08. The molecule has 0 unspecified atom stereocenters. The summed E-state index contributed by atoms with van der Waals surface area (Å²) >= 11 is 20.6. The molecule has 0 radical (unpaired) electrons. The second-order valence-corrected chi connectivity index (χ2v) is 3.96. The van der Waals surface area contributed by atoms with E-state index in [1.54, 1.807) is 6.07 Å². The first-order chi connectivity index (χ1) is 5.57. The van der Waals surface area contributed by atoms with Gasteiger partial charge in [-0.05, 0) is 15.9 Å². The van der Waals surface area contributed by atoms with Gasteiger partial charge >= 0.3 is 0 Å². The van der Waals surface area contributed by atoms with E-state index >= 15 is 0 Å². The predicted octanol–water partition coefficient (Wildman–Crippen LogP) is 4.42. The minimum absolute atomic E-state index is 0.357. The molecule has 0 aliphatic heterocycles. The van der Waals surface area contributed by atoms with Crippen molar-refractivity contribution in [1.82, 2.24) is 0 Å². The quantitative estimate of drug-likeness (QED) is 0.549. The van der Waals surface area contributed by atoms with Crippen LogP contribution in [0.3, 0.4) is 0 Å². The van der Waals surface area contributed by atoms with E-state index in [4.69, 9.17) is 39.5 Å². The summed E-state index contributed by atoms with van der Waals surface area (Å²) in [6, 6.07) is 1.60. The number of benzene rings is 1. The van der Waals surface area contributed by atoms with Crippen LogP contribution in [0.2, 0.25) is 15.1 Å². The van der Waals surface area contributed by atoms with Gasteiger partial charge in [0.1, 0.15) is 10.8 Å². The van der Waals surface area contributed by atoms with E-state index in [1.165, 1.54) is 7.11 Å². The van der Waals surface area contributed by atoms with Gasteiger partial charge in [-0.1, -0.05) is 34.8 Å². The summed E-state index contributed by atoms with van der Waals surface area (Å²) in [6.07, 6.45) is 0. The van der Waals surface area contributed by atoms with E-state index in [0.29, 0.717) is 25.3 Å². The summed E-state index contributed by atoms with van der Waals surface area (Å²) in [5.74, 6) is 0.467. The zero-order valence-electron chi connectivity index (χ0n) is 6.00. The first kappa shape index (κ1) is 10.5. The lowest BCUT2D eigenvalue weighted by molar-refractivity contribution is 0.415. The van der Waals surface area contributed by atoms with Crippen molar-refractivity contribution in [3.8, 4) is 5.75 Å². The molecule has 12 heavy (non-hydrogen) atoms. The molecule has 0 spiro atoms. The van der Waals surface area contributed by atoms with Crippen LogP contribution in [0.25, 0.3) is 0 Å². The van der Waals surface area contributed by atoms with E-state index < -0.39 is 0 Å². The lowest BCUT2D eigenvalue weighted by Gasteiger charge is -2.07. The first-order valence-electron chi connectivity index (χ1n) is 2.95. The lowest BCUT2D eigenvalue weighted by atomic mass is 10.3. The van der Waals surface area contributed by atoms with Crippen LogP contribution in [0.5, 0.6) is 5.75 Å². The van der Waals surface area contributed by atoms with Crippen molar-refractivity contribution in [1.29, 1.82) is 0 Å². The Balaban J connectivity index is 3.39. The van der Waals surface area contributed by atoms with E-state index in [1.807, 2.05) is 0 Å². The van der Waals surface area contributed by atoms with E-state index in [9.17, 15) is 0 Å². The minimum atomic E-state index is 0.357. The molecule has 0 N–H and O–H groups in total. The highest BCUT2D eigenvalue weighted by Gasteiger charge is 2.12. The Labute approximate surface area is 93.7 Å². The fourth-order valence-electron chi connectivity index (χ4n) is 0.700. The fraction of sp³-hybridized carbons (Fsp3) is 0.143. The zero-order chi connectivity index (χ0) is 9.30. The molecule has 0 saturated carbocycles. The van der Waals surface area contributed by atoms with Crippen LogP contribution in [-0.4, -0.2) is 7.11 Å². The molecule has 0 atom stereocenters. The van der Waals surface area contributed by atoms with Crippen LogP contribution in [-0.2, 0) is 0 Å². The molecular weight excluding hydrogens is 286 g/mol. The normalized spacial score (nSPS) is 10.1. The predicted molar refractivity (Wildman–Crippen MR) is 55.7 cm³/mol. The van der Waals surface area contributed by atoms with Crippen LogP contribution < -0.4 is 4.74 Å².